The Kier molecular flexibility index (Phi) is 3.95. The molecule has 1 aliphatic heterocycles. The summed E-state index contributed by atoms with van der Waals surface area (Å²) < 4.78 is 32.4. The van der Waals surface area contributed by atoms with Gasteiger partial charge in [-0.1, -0.05) is 0 Å². The van der Waals surface area contributed by atoms with Crippen molar-refractivity contribution in [3.05, 3.63) is 12.5 Å². The fourth-order valence-corrected chi connectivity index (χ4v) is 3.30. The molecule has 0 bridgehead atoms. The first-order valence-corrected chi connectivity index (χ1v) is 7.52. The number of imidazole rings is 1. The molecular weight excluding hydrogens is 270 g/mol. The zero-order valence-electron chi connectivity index (χ0n) is 11.1. The maximum atomic E-state index is 12.3. The Morgan fingerprint density at radius 3 is 2.68 bits per heavy atom. The minimum Gasteiger partial charge on any atom is -0.388 e. The summed E-state index contributed by atoms with van der Waals surface area (Å²) in [4.78, 5) is 3.85. The van der Waals surface area contributed by atoms with E-state index in [1.807, 2.05) is 0 Å². The molecule has 2 heterocycles. The van der Waals surface area contributed by atoms with Crippen molar-refractivity contribution in [3.8, 4) is 0 Å². The quantitative estimate of drug-likeness (QED) is 0.814. The van der Waals surface area contributed by atoms with E-state index in [4.69, 9.17) is 4.74 Å². The van der Waals surface area contributed by atoms with E-state index >= 15 is 0 Å². The minimum absolute atomic E-state index is 0.00633. The molecule has 1 aliphatic rings. The second kappa shape index (κ2) is 5.20. The molecule has 1 saturated heterocycles. The molecule has 0 aliphatic carbocycles. The third kappa shape index (κ3) is 3.14. The monoisotopic (exact) mass is 289 g/mol. The first kappa shape index (κ1) is 14.4. The average molecular weight is 289 g/mol. The van der Waals surface area contributed by atoms with E-state index in [1.165, 1.54) is 19.6 Å². The molecule has 0 spiro atoms. The molecule has 0 saturated carbocycles. The van der Waals surface area contributed by atoms with E-state index in [0.717, 1.165) is 4.31 Å². The van der Waals surface area contributed by atoms with Crippen LogP contribution in [0.1, 0.15) is 12.8 Å². The highest BCUT2D eigenvalue weighted by molar-refractivity contribution is 7.89. The van der Waals surface area contributed by atoms with Gasteiger partial charge >= 0.3 is 0 Å². The lowest BCUT2D eigenvalue weighted by molar-refractivity contribution is -0.0689. The van der Waals surface area contributed by atoms with Crippen molar-refractivity contribution in [1.82, 2.24) is 13.9 Å². The molecule has 8 heteroatoms. The summed E-state index contributed by atoms with van der Waals surface area (Å²) in [5.74, 6) is 0. The number of sulfonamides is 1. The van der Waals surface area contributed by atoms with E-state index in [1.54, 1.807) is 11.6 Å². The zero-order valence-corrected chi connectivity index (χ0v) is 11.9. The fraction of sp³-hybridized carbons (Fsp3) is 0.727. The van der Waals surface area contributed by atoms with Crippen molar-refractivity contribution in [2.24, 2.45) is 7.05 Å². The standard InChI is InChI=1S/C11H19N3O4S/c1-13-7-10(12-9-13)19(16,17)14(2)8-11(15)3-5-18-6-4-11/h7,9,15H,3-6,8H2,1-2H3. The average Bonchev–Trinajstić information content (AvgIpc) is 2.77. The van der Waals surface area contributed by atoms with Crippen LogP contribution >= 0.6 is 0 Å². The Morgan fingerprint density at radius 2 is 2.16 bits per heavy atom. The molecule has 108 valence electrons. The Labute approximate surface area is 112 Å². The molecule has 1 aromatic heterocycles. The third-order valence-corrected chi connectivity index (χ3v) is 4.99. The predicted octanol–water partition coefficient (Wildman–Crippen LogP) is -0.418. The van der Waals surface area contributed by atoms with Crippen molar-refractivity contribution in [2.45, 2.75) is 23.5 Å². The van der Waals surface area contributed by atoms with Crippen LogP contribution in [0.3, 0.4) is 0 Å². The number of aryl methyl sites for hydroxylation is 1. The second-order valence-corrected chi connectivity index (χ2v) is 6.97. The molecular formula is C11H19N3O4S. The highest BCUT2D eigenvalue weighted by atomic mass is 32.2. The van der Waals surface area contributed by atoms with Gasteiger partial charge in [-0.25, -0.2) is 13.4 Å². The number of hydrogen-bond donors (Lipinski definition) is 1. The first-order chi connectivity index (χ1) is 8.83. The number of aromatic nitrogens is 2. The van der Waals surface area contributed by atoms with E-state index in [-0.39, 0.29) is 11.6 Å². The molecule has 1 N–H and O–H groups in total. The van der Waals surface area contributed by atoms with Gasteiger partial charge in [0.15, 0.2) is 5.03 Å². The first-order valence-electron chi connectivity index (χ1n) is 6.08. The highest BCUT2D eigenvalue weighted by Crippen LogP contribution is 2.23. The Hall–Kier alpha value is -0.960. The van der Waals surface area contributed by atoms with Crippen LogP contribution < -0.4 is 0 Å². The third-order valence-electron chi connectivity index (χ3n) is 3.30. The number of likely N-dealkylation sites (N-methyl/N-ethyl adjacent to an activating group) is 1. The summed E-state index contributed by atoms with van der Waals surface area (Å²) in [5, 5.41) is 10.3. The molecule has 2 rings (SSSR count). The molecule has 0 unspecified atom stereocenters. The largest absolute Gasteiger partial charge is 0.388 e. The smallest absolute Gasteiger partial charge is 0.261 e. The number of aliphatic hydroxyl groups is 1. The van der Waals surface area contributed by atoms with Gasteiger partial charge in [0.05, 0.1) is 11.9 Å². The lowest BCUT2D eigenvalue weighted by atomic mass is 9.95. The normalized spacial score (nSPS) is 19.8. The summed E-state index contributed by atoms with van der Waals surface area (Å²) in [6.07, 6.45) is 3.76. The van der Waals surface area contributed by atoms with Crippen molar-refractivity contribution in [3.63, 3.8) is 0 Å². The molecule has 7 nitrogen and oxygen atoms in total. The lowest BCUT2D eigenvalue weighted by Crippen LogP contribution is -2.47. The van der Waals surface area contributed by atoms with Gasteiger partial charge in [0.1, 0.15) is 0 Å². The summed E-state index contributed by atoms with van der Waals surface area (Å²) >= 11 is 0. The number of rotatable bonds is 4. The molecule has 0 aromatic carbocycles. The van der Waals surface area contributed by atoms with Gasteiger partial charge in [-0.15, -0.1) is 0 Å². The molecule has 1 fully saturated rings. The van der Waals surface area contributed by atoms with Gasteiger partial charge in [0.2, 0.25) is 0 Å². The predicted molar refractivity (Wildman–Crippen MR) is 68.0 cm³/mol. The van der Waals surface area contributed by atoms with Crippen molar-refractivity contribution >= 4 is 10.0 Å². The van der Waals surface area contributed by atoms with Crippen LogP contribution in [0.4, 0.5) is 0 Å². The Balaban J connectivity index is 2.12. The number of ether oxygens (including phenoxy) is 1. The van der Waals surface area contributed by atoms with E-state index < -0.39 is 15.6 Å². The zero-order chi connectivity index (χ0) is 14.1. The number of hydrogen-bond acceptors (Lipinski definition) is 5. The molecule has 19 heavy (non-hydrogen) atoms. The van der Waals surface area contributed by atoms with E-state index in [9.17, 15) is 13.5 Å². The van der Waals surface area contributed by atoms with Gasteiger partial charge in [-0.05, 0) is 0 Å². The lowest BCUT2D eigenvalue weighted by Gasteiger charge is -2.34. The summed E-state index contributed by atoms with van der Waals surface area (Å²) in [7, 11) is -0.493. The van der Waals surface area contributed by atoms with Crippen LogP contribution in [0, 0.1) is 0 Å². The van der Waals surface area contributed by atoms with Crippen LogP contribution in [0.2, 0.25) is 0 Å². The second-order valence-electron chi connectivity index (χ2n) is 4.98. The van der Waals surface area contributed by atoms with Crippen LogP contribution in [-0.4, -0.2) is 59.8 Å². The van der Waals surface area contributed by atoms with Gasteiger partial charge in [-0.3, -0.25) is 0 Å². The number of nitrogens with zero attached hydrogens (tertiary/aromatic N) is 3. The van der Waals surface area contributed by atoms with E-state index in [0.29, 0.717) is 26.1 Å². The Morgan fingerprint density at radius 1 is 1.53 bits per heavy atom. The van der Waals surface area contributed by atoms with Crippen LogP contribution in [-0.2, 0) is 21.8 Å². The van der Waals surface area contributed by atoms with E-state index in [2.05, 4.69) is 4.98 Å². The summed E-state index contributed by atoms with van der Waals surface area (Å²) in [5.41, 5.74) is -1.02. The van der Waals surface area contributed by atoms with Gasteiger partial charge in [-0.2, -0.15) is 4.31 Å². The van der Waals surface area contributed by atoms with Crippen LogP contribution in [0.25, 0.3) is 0 Å². The van der Waals surface area contributed by atoms with Gasteiger partial charge in [0, 0.05) is 52.9 Å². The van der Waals surface area contributed by atoms with Crippen LogP contribution in [0.5, 0.6) is 0 Å². The Bertz CT molecular complexity index is 534. The van der Waals surface area contributed by atoms with Gasteiger partial charge < -0.3 is 14.4 Å². The molecule has 0 amide bonds. The topological polar surface area (TPSA) is 84.7 Å². The minimum atomic E-state index is -3.66. The molecule has 0 atom stereocenters. The maximum Gasteiger partial charge on any atom is 0.261 e. The summed E-state index contributed by atoms with van der Waals surface area (Å²) in [6, 6.07) is 0. The highest BCUT2D eigenvalue weighted by Gasteiger charge is 2.35. The van der Waals surface area contributed by atoms with Gasteiger partial charge in [0.25, 0.3) is 10.0 Å². The maximum absolute atomic E-state index is 12.3. The molecule has 1 aromatic rings. The van der Waals surface area contributed by atoms with Crippen LogP contribution in [0.15, 0.2) is 17.6 Å². The van der Waals surface area contributed by atoms with Crippen molar-refractivity contribution < 1.29 is 18.3 Å². The van der Waals surface area contributed by atoms with Crippen molar-refractivity contribution in [1.29, 1.82) is 0 Å². The summed E-state index contributed by atoms with van der Waals surface area (Å²) in [6.45, 7) is 0.956. The SMILES string of the molecule is CN(CC1(O)CCOCC1)S(=O)(=O)c1cn(C)cn1. The fourth-order valence-electron chi connectivity index (χ4n) is 2.09. The molecule has 0 radical (unpaired) electrons. The van der Waals surface area contributed by atoms with Crippen molar-refractivity contribution in [2.75, 3.05) is 26.8 Å².